The molecule has 0 unspecified atom stereocenters. The van der Waals surface area contributed by atoms with E-state index >= 15 is 0 Å². The van der Waals surface area contributed by atoms with Gasteiger partial charge < -0.3 is 0 Å². The zero-order chi connectivity index (χ0) is 12.4. The Balaban J connectivity index is 2.68. The van der Waals surface area contributed by atoms with Crippen LogP contribution < -0.4 is 0 Å². The van der Waals surface area contributed by atoms with Crippen molar-refractivity contribution in [2.75, 3.05) is 0 Å². The van der Waals surface area contributed by atoms with E-state index in [-0.39, 0.29) is 16.8 Å². The molecule has 2 rings (SSSR count). The lowest BCUT2D eigenvalue weighted by Gasteiger charge is -2.04. The van der Waals surface area contributed by atoms with E-state index in [0.717, 1.165) is 0 Å². The fraction of sp³-hybridized carbons (Fsp3) is 0. The standard InChI is InChI=1S/C12H7BrFNO2/c13-8-5-6-10(12(7-8)15(16)17)9-3-1-2-4-11(9)14/h1-7H. The minimum absolute atomic E-state index is 0.121. The van der Waals surface area contributed by atoms with Gasteiger partial charge in [-0.15, -0.1) is 0 Å². The highest BCUT2D eigenvalue weighted by atomic mass is 79.9. The third-order valence-corrected chi connectivity index (χ3v) is 2.81. The van der Waals surface area contributed by atoms with E-state index in [1.807, 2.05) is 0 Å². The number of nitro benzene ring substituents is 1. The normalized spacial score (nSPS) is 10.2. The molecule has 0 heterocycles. The van der Waals surface area contributed by atoms with Crippen LogP contribution in [0.4, 0.5) is 10.1 Å². The monoisotopic (exact) mass is 295 g/mol. The van der Waals surface area contributed by atoms with Gasteiger partial charge in [0.15, 0.2) is 0 Å². The van der Waals surface area contributed by atoms with Crippen molar-refractivity contribution >= 4 is 21.6 Å². The van der Waals surface area contributed by atoms with Crippen LogP contribution in [0, 0.1) is 15.9 Å². The number of nitrogens with zero attached hydrogens (tertiary/aromatic N) is 1. The molecule has 2 aromatic rings. The Kier molecular flexibility index (Phi) is 3.19. The van der Waals surface area contributed by atoms with Crippen LogP contribution in [0.5, 0.6) is 0 Å². The molecule has 3 nitrogen and oxygen atoms in total. The molecular formula is C12H7BrFNO2. The van der Waals surface area contributed by atoms with Gasteiger partial charge in [0.05, 0.1) is 10.5 Å². The number of halogens is 2. The van der Waals surface area contributed by atoms with Crippen molar-refractivity contribution in [2.24, 2.45) is 0 Å². The summed E-state index contributed by atoms with van der Waals surface area (Å²) in [7, 11) is 0. The lowest BCUT2D eigenvalue weighted by Crippen LogP contribution is -1.93. The minimum Gasteiger partial charge on any atom is -0.258 e. The second-order valence-corrected chi connectivity index (χ2v) is 4.31. The Morgan fingerprint density at radius 1 is 1.12 bits per heavy atom. The van der Waals surface area contributed by atoms with Crippen LogP contribution in [0.15, 0.2) is 46.9 Å². The quantitative estimate of drug-likeness (QED) is 0.617. The summed E-state index contributed by atoms with van der Waals surface area (Å²) in [6.45, 7) is 0. The maximum absolute atomic E-state index is 13.6. The van der Waals surface area contributed by atoms with E-state index in [0.29, 0.717) is 4.47 Å². The van der Waals surface area contributed by atoms with Gasteiger partial charge in [0, 0.05) is 16.1 Å². The smallest absolute Gasteiger partial charge is 0.258 e. The summed E-state index contributed by atoms with van der Waals surface area (Å²) < 4.78 is 14.2. The van der Waals surface area contributed by atoms with Crippen LogP contribution in [0.3, 0.4) is 0 Å². The lowest BCUT2D eigenvalue weighted by molar-refractivity contribution is -0.384. The van der Waals surface area contributed by atoms with Gasteiger partial charge in [-0.1, -0.05) is 34.1 Å². The summed E-state index contributed by atoms with van der Waals surface area (Å²) in [6, 6.07) is 10.5. The molecule has 0 amide bonds. The molecule has 0 saturated carbocycles. The van der Waals surface area contributed by atoms with Crippen molar-refractivity contribution in [1.29, 1.82) is 0 Å². The maximum atomic E-state index is 13.6. The van der Waals surface area contributed by atoms with Gasteiger partial charge in [0.2, 0.25) is 0 Å². The third kappa shape index (κ3) is 2.34. The van der Waals surface area contributed by atoms with E-state index in [1.54, 1.807) is 18.2 Å². The van der Waals surface area contributed by atoms with Crippen molar-refractivity contribution in [1.82, 2.24) is 0 Å². The third-order valence-electron chi connectivity index (χ3n) is 2.32. The first-order valence-electron chi connectivity index (χ1n) is 4.78. The van der Waals surface area contributed by atoms with Crippen LogP contribution >= 0.6 is 15.9 Å². The largest absolute Gasteiger partial charge is 0.278 e. The average molecular weight is 296 g/mol. The van der Waals surface area contributed by atoms with Gasteiger partial charge in [-0.3, -0.25) is 10.1 Å². The topological polar surface area (TPSA) is 43.1 Å². The van der Waals surface area contributed by atoms with Crippen LogP contribution in [-0.2, 0) is 0 Å². The Morgan fingerprint density at radius 2 is 1.82 bits per heavy atom. The molecule has 0 saturated heterocycles. The molecule has 2 aromatic carbocycles. The zero-order valence-electron chi connectivity index (χ0n) is 8.56. The van der Waals surface area contributed by atoms with Gasteiger partial charge in [-0.2, -0.15) is 0 Å². The number of rotatable bonds is 2. The molecule has 0 spiro atoms. The second-order valence-electron chi connectivity index (χ2n) is 3.40. The summed E-state index contributed by atoms with van der Waals surface area (Å²) in [5.41, 5.74) is 0.382. The SMILES string of the molecule is O=[N+]([O-])c1cc(Br)ccc1-c1ccccc1F. The summed E-state index contributed by atoms with van der Waals surface area (Å²) in [5, 5.41) is 10.9. The number of benzene rings is 2. The Morgan fingerprint density at radius 3 is 2.47 bits per heavy atom. The van der Waals surface area contributed by atoms with Gasteiger partial charge in [0.1, 0.15) is 5.82 Å². The molecular weight excluding hydrogens is 289 g/mol. The van der Waals surface area contributed by atoms with E-state index in [1.165, 1.54) is 24.3 Å². The first-order valence-corrected chi connectivity index (χ1v) is 5.58. The first kappa shape index (κ1) is 11.7. The molecule has 86 valence electrons. The highest BCUT2D eigenvalue weighted by Crippen LogP contribution is 2.33. The summed E-state index contributed by atoms with van der Waals surface area (Å²) in [4.78, 5) is 10.4. The number of hydrogen-bond acceptors (Lipinski definition) is 2. The molecule has 0 aliphatic heterocycles. The molecule has 0 fully saturated rings. The predicted molar refractivity (Wildman–Crippen MR) is 66.2 cm³/mol. The summed E-state index contributed by atoms with van der Waals surface area (Å²) >= 11 is 3.16. The van der Waals surface area contributed by atoms with Crippen molar-refractivity contribution in [2.45, 2.75) is 0 Å². The van der Waals surface area contributed by atoms with E-state index in [4.69, 9.17) is 0 Å². The van der Waals surface area contributed by atoms with Gasteiger partial charge in [0.25, 0.3) is 5.69 Å². The van der Waals surface area contributed by atoms with Crippen molar-refractivity contribution < 1.29 is 9.31 Å². The summed E-state index contributed by atoms with van der Waals surface area (Å²) in [6.07, 6.45) is 0. The molecule has 0 aliphatic carbocycles. The Hall–Kier alpha value is -1.75. The Bertz CT molecular complexity index is 586. The highest BCUT2D eigenvalue weighted by Gasteiger charge is 2.17. The van der Waals surface area contributed by atoms with Gasteiger partial charge >= 0.3 is 0 Å². The van der Waals surface area contributed by atoms with Gasteiger partial charge in [-0.25, -0.2) is 4.39 Å². The van der Waals surface area contributed by atoms with E-state index < -0.39 is 10.7 Å². The molecule has 5 heteroatoms. The summed E-state index contributed by atoms with van der Waals surface area (Å²) in [5.74, 6) is -0.474. The van der Waals surface area contributed by atoms with E-state index in [2.05, 4.69) is 15.9 Å². The molecule has 0 aliphatic rings. The number of hydrogen-bond donors (Lipinski definition) is 0. The molecule has 0 atom stereocenters. The van der Waals surface area contributed by atoms with Crippen molar-refractivity contribution in [3.05, 3.63) is 62.9 Å². The van der Waals surface area contributed by atoms with Crippen molar-refractivity contribution in [3.8, 4) is 11.1 Å². The maximum Gasteiger partial charge on any atom is 0.278 e. The average Bonchev–Trinajstić information content (AvgIpc) is 2.30. The van der Waals surface area contributed by atoms with Crippen LogP contribution in [0.25, 0.3) is 11.1 Å². The fourth-order valence-electron chi connectivity index (χ4n) is 1.56. The Labute approximate surface area is 105 Å². The van der Waals surface area contributed by atoms with Crippen LogP contribution in [0.2, 0.25) is 0 Å². The van der Waals surface area contributed by atoms with E-state index in [9.17, 15) is 14.5 Å². The predicted octanol–water partition coefficient (Wildman–Crippen LogP) is 4.16. The molecule has 0 bridgehead atoms. The second kappa shape index (κ2) is 4.63. The fourth-order valence-corrected chi connectivity index (χ4v) is 1.91. The van der Waals surface area contributed by atoms with Crippen LogP contribution in [-0.4, -0.2) is 4.92 Å². The minimum atomic E-state index is -0.521. The molecule has 0 radical (unpaired) electrons. The first-order chi connectivity index (χ1) is 8.09. The highest BCUT2D eigenvalue weighted by molar-refractivity contribution is 9.10. The van der Waals surface area contributed by atoms with Crippen LogP contribution in [0.1, 0.15) is 0 Å². The molecule has 0 aromatic heterocycles. The molecule has 17 heavy (non-hydrogen) atoms. The van der Waals surface area contributed by atoms with Crippen molar-refractivity contribution in [3.63, 3.8) is 0 Å². The lowest BCUT2D eigenvalue weighted by atomic mass is 10.0. The zero-order valence-corrected chi connectivity index (χ0v) is 10.1. The molecule has 0 N–H and O–H groups in total. The van der Waals surface area contributed by atoms with Gasteiger partial charge in [-0.05, 0) is 18.2 Å². The number of nitro groups is 1.